The molecule has 0 radical (unpaired) electrons. The quantitative estimate of drug-likeness (QED) is 0.432. The number of pyridine rings is 1. The van der Waals surface area contributed by atoms with Crippen LogP contribution in [0.5, 0.6) is 11.5 Å². The smallest absolute Gasteiger partial charge is 0.299 e. The van der Waals surface area contributed by atoms with Crippen molar-refractivity contribution in [1.29, 1.82) is 0 Å². The minimum Gasteiger partial charge on any atom is -0.493 e. The number of benzene rings is 2. The molecule has 8 heteroatoms. The summed E-state index contributed by atoms with van der Waals surface area (Å²) in [7, 11) is 1.43. The highest BCUT2D eigenvalue weighted by Crippen LogP contribution is 2.42. The van der Waals surface area contributed by atoms with Gasteiger partial charge in [0.25, 0.3) is 5.69 Å². The predicted octanol–water partition coefficient (Wildman–Crippen LogP) is 5.35. The number of aryl methyl sites for hydroxylation is 1. The van der Waals surface area contributed by atoms with Crippen molar-refractivity contribution in [2.75, 3.05) is 7.11 Å². The van der Waals surface area contributed by atoms with Crippen LogP contribution < -0.4 is 9.47 Å². The molecule has 26 heavy (non-hydrogen) atoms. The molecule has 2 aromatic carbocycles. The van der Waals surface area contributed by atoms with Crippen molar-refractivity contribution in [2.24, 2.45) is 0 Å². The van der Waals surface area contributed by atoms with Crippen LogP contribution in [0.1, 0.15) is 11.1 Å². The summed E-state index contributed by atoms with van der Waals surface area (Å²) in [5.74, 6) is 0.658. The molecule has 3 aromatic rings. The van der Waals surface area contributed by atoms with Crippen LogP contribution in [0, 0.1) is 17.0 Å². The second-order valence-corrected chi connectivity index (χ2v) is 6.39. The molecule has 0 bridgehead atoms. The Labute approximate surface area is 159 Å². The summed E-state index contributed by atoms with van der Waals surface area (Å²) >= 11 is 12.0. The number of ether oxygens (including phenoxy) is 2. The van der Waals surface area contributed by atoms with E-state index in [-0.39, 0.29) is 23.6 Å². The lowest BCUT2D eigenvalue weighted by molar-refractivity contribution is -0.383. The highest BCUT2D eigenvalue weighted by molar-refractivity contribution is 6.42. The molecule has 134 valence electrons. The topological polar surface area (TPSA) is 74.5 Å². The van der Waals surface area contributed by atoms with Crippen molar-refractivity contribution in [3.63, 3.8) is 0 Å². The first-order chi connectivity index (χ1) is 12.4. The fourth-order valence-electron chi connectivity index (χ4n) is 2.64. The third kappa shape index (κ3) is 3.38. The van der Waals surface area contributed by atoms with Gasteiger partial charge in [-0.25, -0.2) is 4.98 Å². The van der Waals surface area contributed by atoms with E-state index in [9.17, 15) is 10.1 Å². The summed E-state index contributed by atoms with van der Waals surface area (Å²) in [5.41, 5.74) is 1.71. The first-order valence-electron chi connectivity index (χ1n) is 7.59. The van der Waals surface area contributed by atoms with Crippen LogP contribution in [0.15, 0.2) is 36.5 Å². The van der Waals surface area contributed by atoms with E-state index in [2.05, 4.69) is 4.98 Å². The van der Waals surface area contributed by atoms with E-state index in [1.807, 2.05) is 6.92 Å². The van der Waals surface area contributed by atoms with Crippen LogP contribution in [0.25, 0.3) is 10.9 Å². The molecule has 0 fully saturated rings. The Morgan fingerprint density at radius 3 is 2.62 bits per heavy atom. The minimum absolute atomic E-state index is 0.137. The molecular weight excluding hydrogens is 379 g/mol. The average Bonchev–Trinajstić information content (AvgIpc) is 2.62. The van der Waals surface area contributed by atoms with Gasteiger partial charge in [-0.2, -0.15) is 0 Å². The summed E-state index contributed by atoms with van der Waals surface area (Å²) in [6.45, 7) is 2.02. The van der Waals surface area contributed by atoms with Crippen LogP contribution in [-0.2, 0) is 6.61 Å². The molecule has 0 unspecified atom stereocenters. The Morgan fingerprint density at radius 2 is 1.96 bits per heavy atom. The Morgan fingerprint density at radius 1 is 1.19 bits per heavy atom. The molecular formula is C18H14Cl2N2O4. The third-order valence-corrected chi connectivity index (χ3v) is 4.64. The van der Waals surface area contributed by atoms with Crippen molar-refractivity contribution >= 4 is 39.8 Å². The number of nitrogens with zero attached hydrogens (tertiary/aromatic N) is 2. The predicted molar refractivity (Wildman–Crippen MR) is 100 cm³/mol. The van der Waals surface area contributed by atoms with Gasteiger partial charge in [0.05, 0.1) is 33.5 Å². The van der Waals surface area contributed by atoms with Crippen LogP contribution in [0.2, 0.25) is 10.0 Å². The van der Waals surface area contributed by atoms with E-state index in [0.29, 0.717) is 21.2 Å². The van der Waals surface area contributed by atoms with Crippen LogP contribution >= 0.6 is 23.2 Å². The zero-order valence-corrected chi connectivity index (χ0v) is 15.5. The van der Waals surface area contributed by atoms with E-state index in [1.54, 1.807) is 24.3 Å². The number of methoxy groups -OCH3 is 1. The number of nitro groups is 1. The molecule has 3 rings (SSSR count). The lowest BCUT2D eigenvalue weighted by Gasteiger charge is -2.15. The molecule has 0 aliphatic carbocycles. The Kier molecular flexibility index (Phi) is 5.15. The van der Waals surface area contributed by atoms with Crippen molar-refractivity contribution in [2.45, 2.75) is 13.5 Å². The molecule has 0 saturated carbocycles. The number of non-ortho nitro benzene ring substituents is 1. The van der Waals surface area contributed by atoms with Gasteiger partial charge in [-0.3, -0.25) is 10.1 Å². The molecule has 1 aromatic heterocycles. The number of hydrogen-bond donors (Lipinski definition) is 0. The Hall–Kier alpha value is -2.57. The highest BCUT2D eigenvalue weighted by atomic mass is 35.5. The highest BCUT2D eigenvalue weighted by Gasteiger charge is 2.23. The lowest BCUT2D eigenvalue weighted by atomic mass is 10.1. The zero-order valence-electron chi connectivity index (χ0n) is 14.0. The molecule has 0 aliphatic heterocycles. The molecule has 0 atom stereocenters. The molecule has 0 N–H and O–H groups in total. The van der Waals surface area contributed by atoms with Gasteiger partial charge < -0.3 is 9.47 Å². The Bertz CT molecular complexity index is 1010. The monoisotopic (exact) mass is 392 g/mol. The first-order valence-corrected chi connectivity index (χ1v) is 8.35. The summed E-state index contributed by atoms with van der Waals surface area (Å²) in [6.07, 6.45) is 1.53. The maximum absolute atomic E-state index is 11.4. The SMILES string of the molecule is COc1cc([N+](=O)[O-])c2nccc(C)c2c1OCc1ccc(Cl)c(Cl)c1. The van der Waals surface area contributed by atoms with Gasteiger partial charge in [0.1, 0.15) is 6.61 Å². The number of hydrogen-bond acceptors (Lipinski definition) is 5. The zero-order chi connectivity index (χ0) is 18.8. The van der Waals surface area contributed by atoms with E-state index in [4.69, 9.17) is 32.7 Å². The van der Waals surface area contributed by atoms with Gasteiger partial charge in [0.15, 0.2) is 17.0 Å². The standard InChI is InChI=1S/C18H14Cl2N2O4/c1-10-5-6-21-17-14(22(23)24)8-15(25-2)18(16(10)17)26-9-11-3-4-12(19)13(20)7-11/h3-8H,9H2,1-2H3. The molecule has 0 spiro atoms. The number of aromatic nitrogens is 1. The third-order valence-electron chi connectivity index (χ3n) is 3.90. The summed E-state index contributed by atoms with van der Waals surface area (Å²) < 4.78 is 11.3. The average molecular weight is 393 g/mol. The number of fused-ring (bicyclic) bond motifs is 1. The first kappa shape index (κ1) is 18.2. The lowest BCUT2D eigenvalue weighted by Crippen LogP contribution is -2.02. The molecule has 6 nitrogen and oxygen atoms in total. The van der Waals surface area contributed by atoms with E-state index in [1.165, 1.54) is 19.4 Å². The summed E-state index contributed by atoms with van der Waals surface area (Å²) in [4.78, 5) is 15.1. The van der Waals surface area contributed by atoms with E-state index < -0.39 is 4.92 Å². The van der Waals surface area contributed by atoms with Crippen molar-refractivity contribution in [3.8, 4) is 11.5 Å². The Balaban J connectivity index is 2.10. The van der Waals surface area contributed by atoms with Crippen LogP contribution in [-0.4, -0.2) is 17.0 Å². The van der Waals surface area contributed by atoms with Gasteiger partial charge in [-0.1, -0.05) is 29.3 Å². The summed E-state index contributed by atoms with van der Waals surface area (Å²) in [5, 5.41) is 12.8. The van der Waals surface area contributed by atoms with Gasteiger partial charge in [-0.05, 0) is 36.2 Å². The maximum atomic E-state index is 11.4. The minimum atomic E-state index is -0.486. The number of nitro benzene ring substituents is 1. The van der Waals surface area contributed by atoms with Gasteiger partial charge in [0.2, 0.25) is 0 Å². The van der Waals surface area contributed by atoms with E-state index in [0.717, 1.165) is 11.1 Å². The number of halogens is 2. The second-order valence-electron chi connectivity index (χ2n) is 5.57. The largest absolute Gasteiger partial charge is 0.493 e. The van der Waals surface area contributed by atoms with Gasteiger partial charge >= 0.3 is 0 Å². The molecule has 0 amide bonds. The van der Waals surface area contributed by atoms with E-state index >= 15 is 0 Å². The van der Waals surface area contributed by atoms with Crippen molar-refractivity contribution in [3.05, 3.63) is 67.8 Å². The second kappa shape index (κ2) is 7.35. The normalized spacial score (nSPS) is 10.8. The van der Waals surface area contributed by atoms with Crippen molar-refractivity contribution < 1.29 is 14.4 Å². The fraction of sp³-hybridized carbons (Fsp3) is 0.167. The fourth-order valence-corrected chi connectivity index (χ4v) is 2.96. The van der Waals surface area contributed by atoms with Gasteiger partial charge in [-0.15, -0.1) is 0 Å². The molecule has 0 saturated heterocycles. The van der Waals surface area contributed by atoms with Crippen molar-refractivity contribution in [1.82, 2.24) is 4.98 Å². The maximum Gasteiger partial charge on any atom is 0.299 e. The van der Waals surface area contributed by atoms with Crippen LogP contribution in [0.4, 0.5) is 5.69 Å². The molecule has 0 aliphatic rings. The molecule has 1 heterocycles. The van der Waals surface area contributed by atoms with Gasteiger partial charge in [0, 0.05) is 6.20 Å². The number of rotatable bonds is 5. The summed E-state index contributed by atoms with van der Waals surface area (Å²) in [6, 6.07) is 8.26. The van der Waals surface area contributed by atoms with Crippen LogP contribution in [0.3, 0.4) is 0 Å².